The molecule has 4 rings (SSSR count). The molecule has 0 amide bonds. The monoisotopic (exact) mass is 478 g/mol. The van der Waals surface area contributed by atoms with E-state index in [9.17, 15) is 13.6 Å². The van der Waals surface area contributed by atoms with E-state index in [0.29, 0.717) is 0 Å². The Morgan fingerprint density at radius 3 is 1.80 bits per heavy atom. The number of piperazine rings is 1. The van der Waals surface area contributed by atoms with Crippen LogP contribution in [0.15, 0.2) is 72.8 Å². The van der Waals surface area contributed by atoms with Gasteiger partial charge in [-0.25, -0.2) is 8.78 Å². The first-order valence-corrected chi connectivity index (χ1v) is 12.2. The predicted octanol–water partition coefficient (Wildman–Crippen LogP) is 6.22. The minimum Gasteiger partial charge on any atom is -0.369 e. The van der Waals surface area contributed by atoms with Crippen molar-refractivity contribution in [2.24, 2.45) is 0 Å². The van der Waals surface area contributed by atoms with Crippen molar-refractivity contribution >= 4 is 11.5 Å². The lowest BCUT2D eigenvalue weighted by Gasteiger charge is -2.41. The highest BCUT2D eigenvalue weighted by molar-refractivity contribution is 5.94. The van der Waals surface area contributed by atoms with Gasteiger partial charge in [0.25, 0.3) is 0 Å². The molecule has 1 fully saturated rings. The number of hydrogen-bond donors (Lipinski definition) is 0. The summed E-state index contributed by atoms with van der Waals surface area (Å²) in [6.45, 7) is 7.07. The molecular formula is C29H32F2N2O2. The molecular weight excluding hydrogens is 446 g/mol. The lowest BCUT2D eigenvalue weighted by molar-refractivity contribution is -0.0943. The summed E-state index contributed by atoms with van der Waals surface area (Å²) >= 11 is 0. The van der Waals surface area contributed by atoms with Crippen LogP contribution < -0.4 is 4.90 Å². The molecule has 0 radical (unpaired) electrons. The van der Waals surface area contributed by atoms with Crippen molar-refractivity contribution in [1.82, 2.24) is 4.90 Å². The second kappa shape index (κ2) is 11.6. The van der Waals surface area contributed by atoms with Gasteiger partial charge >= 0.3 is 0 Å². The quantitative estimate of drug-likeness (QED) is 0.342. The minimum atomic E-state index is -0.426. The summed E-state index contributed by atoms with van der Waals surface area (Å²) in [5.41, 5.74) is 3.50. The van der Waals surface area contributed by atoms with E-state index in [-0.39, 0.29) is 23.6 Å². The van der Waals surface area contributed by atoms with Crippen molar-refractivity contribution in [2.45, 2.75) is 39.0 Å². The molecule has 3 aromatic rings. The predicted molar refractivity (Wildman–Crippen MR) is 135 cm³/mol. The molecule has 3 aromatic carbocycles. The van der Waals surface area contributed by atoms with Crippen LogP contribution in [0, 0.1) is 11.6 Å². The van der Waals surface area contributed by atoms with Gasteiger partial charge in [0.15, 0.2) is 5.78 Å². The first kappa shape index (κ1) is 25.0. The van der Waals surface area contributed by atoms with Gasteiger partial charge in [-0.3, -0.25) is 9.69 Å². The van der Waals surface area contributed by atoms with Gasteiger partial charge in [-0.1, -0.05) is 37.6 Å². The highest BCUT2D eigenvalue weighted by Gasteiger charge is 2.28. The third-order valence-corrected chi connectivity index (χ3v) is 6.53. The molecule has 1 unspecified atom stereocenters. The second-order valence-corrected chi connectivity index (χ2v) is 8.99. The third-order valence-electron chi connectivity index (χ3n) is 6.53. The van der Waals surface area contributed by atoms with E-state index >= 15 is 0 Å². The van der Waals surface area contributed by atoms with Crippen LogP contribution in [0.3, 0.4) is 0 Å². The number of carbonyl (C=O) groups excluding carboxylic acids is 1. The first-order valence-electron chi connectivity index (χ1n) is 12.2. The van der Waals surface area contributed by atoms with E-state index in [1.807, 2.05) is 24.3 Å². The summed E-state index contributed by atoms with van der Waals surface area (Å²) in [6.07, 6.45) is 1.26. The number of ether oxygens (including phenoxy) is 1. The van der Waals surface area contributed by atoms with Crippen LogP contribution in [0.25, 0.3) is 0 Å². The number of ketones is 1. The highest BCUT2D eigenvalue weighted by Crippen LogP contribution is 2.30. The van der Waals surface area contributed by atoms with Crippen LogP contribution in [0.2, 0.25) is 0 Å². The van der Waals surface area contributed by atoms with Crippen LogP contribution in [-0.2, 0) is 4.74 Å². The average molecular weight is 479 g/mol. The summed E-state index contributed by atoms with van der Waals surface area (Å²) in [6, 6.07) is 20.4. The lowest BCUT2D eigenvalue weighted by Crippen LogP contribution is -2.51. The van der Waals surface area contributed by atoms with E-state index in [1.54, 1.807) is 31.2 Å². The maximum atomic E-state index is 13.6. The van der Waals surface area contributed by atoms with Crippen LogP contribution in [-0.4, -0.2) is 43.1 Å². The highest BCUT2D eigenvalue weighted by atomic mass is 19.1. The van der Waals surface area contributed by atoms with E-state index in [4.69, 9.17) is 4.74 Å². The lowest BCUT2D eigenvalue weighted by atomic mass is 10.0. The van der Waals surface area contributed by atoms with Gasteiger partial charge in [0.2, 0.25) is 0 Å². The number of halogens is 2. The Labute approximate surface area is 206 Å². The van der Waals surface area contributed by atoms with Crippen molar-refractivity contribution in [2.75, 3.05) is 31.1 Å². The molecule has 1 aliphatic heterocycles. The Morgan fingerprint density at radius 1 is 0.829 bits per heavy atom. The van der Waals surface area contributed by atoms with Crippen LogP contribution in [0.5, 0.6) is 0 Å². The van der Waals surface area contributed by atoms with Crippen molar-refractivity contribution in [3.8, 4) is 0 Å². The Balaban J connectivity index is 1.49. The molecule has 0 saturated carbocycles. The number of rotatable bonds is 9. The van der Waals surface area contributed by atoms with Crippen LogP contribution in [0.4, 0.5) is 14.5 Å². The van der Waals surface area contributed by atoms with E-state index < -0.39 is 6.10 Å². The molecule has 184 valence electrons. The molecule has 6 heteroatoms. The maximum Gasteiger partial charge on any atom is 0.159 e. The smallest absolute Gasteiger partial charge is 0.159 e. The molecule has 1 aliphatic rings. The zero-order valence-electron chi connectivity index (χ0n) is 20.3. The molecule has 4 nitrogen and oxygen atoms in total. The summed E-state index contributed by atoms with van der Waals surface area (Å²) in [5, 5.41) is 0. The van der Waals surface area contributed by atoms with Crippen LogP contribution >= 0.6 is 0 Å². The number of Topliss-reactive ketones (excluding diaryl/α,β-unsaturated/α-hetero) is 1. The third kappa shape index (κ3) is 6.32. The van der Waals surface area contributed by atoms with Gasteiger partial charge in [0.1, 0.15) is 24.0 Å². The standard InChI is InChI=1S/C29H32F2N2O2/c1-3-4-28(33-19-17-32(18-20-33)27-15-9-22(10-16-27)21(2)34)35-29(23-5-11-25(30)12-6-23)24-7-13-26(31)14-8-24/h5-16,28-29H,3-4,17-20H2,1-2H3. The molecule has 1 atom stereocenters. The Bertz CT molecular complexity index is 1050. The van der Waals surface area contributed by atoms with E-state index in [0.717, 1.165) is 61.4 Å². The summed E-state index contributed by atoms with van der Waals surface area (Å²) in [7, 11) is 0. The van der Waals surface area contributed by atoms with Gasteiger partial charge in [-0.05, 0) is 73.0 Å². The Kier molecular flexibility index (Phi) is 8.26. The second-order valence-electron chi connectivity index (χ2n) is 8.99. The molecule has 0 aliphatic carbocycles. The molecule has 1 saturated heterocycles. The van der Waals surface area contributed by atoms with Gasteiger partial charge < -0.3 is 9.64 Å². The van der Waals surface area contributed by atoms with Crippen molar-refractivity contribution in [1.29, 1.82) is 0 Å². The Morgan fingerprint density at radius 2 is 1.34 bits per heavy atom. The molecule has 35 heavy (non-hydrogen) atoms. The number of anilines is 1. The van der Waals surface area contributed by atoms with Gasteiger partial charge in [0, 0.05) is 37.4 Å². The topological polar surface area (TPSA) is 32.8 Å². The van der Waals surface area contributed by atoms with E-state index in [2.05, 4.69) is 16.7 Å². The molecule has 0 N–H and O–H groups in total. The molecule has 0 aromatic heterocycles. The van der Waals surface area contributed by atoms with E-state index in [1.165, 1.54) is 24.3 Å². The zero-order chi connectivity index (χ0) is 24.8. The van der Waals surface area contributed by atoms with Crippen molar-refractivity contribution in [3.63, 3.8) is 0 Å². The van der Waals surface area contributed by atoms with Crippen molar-refractivity contribution < 1.29 is 18.3 Å². The zero-order valence-corrected chi connectivity index (χ0v) is 20.3. The molecule has 0 bridgehead atoms. The summed E-state index contributed by atoms with van der Waals surface area (Å²) < 4.78 is 33.9. The van der Waals surface area contributed by atoms with Gasteiger partial charge in [0.05, 0.1) is 0 Å². The average Bonchev–Trinajstić information content (AvgIpc) is 2.88. The van der Waals surface area contributed by atoms with Gasteiger partial charge in [-0.15, -0.1) is 0 Å². The molecule has 0 spiro atoms. The number of hydrogen-bond acceptors (Lipinski definition) is 4. The number of benzene rings is 3. The fourth-order valence-corrected chi connectivity index (χ4v) is 4.54. The van der Waals surface area contributed by atoms with Gasteiger partial charge in [-0.2, -0.15) is 0 Å². The normalized spacial score (nSPS) is 15.4. The minimum absolute atomic E-state index is 0.0674. The maximum absolute atomic E-state index is 13.6. The fraction of sp³-hybridized carbons (Fsp3) is 0.345. The largest absolute Gasteiger partial charge is 0.369 e. The fourth-order valence-electron chi connectivity index (χ4n) is 4.54. The number of nitrogens with zero attached hydrogens (tertiary/aromatic N) is 2. The number of carbonyl (C=O) groups is 1. The van der Waals surface area contributed by atoms with Crippen LogP contribution in [0.1, 0.15) is 54.3 Å². The SMILES string of the molecule is CCCC(OC(c1ccc(F)cc1)c1ccc(F)cc1)N1CCN(c2ccc(C(C)=O)cc2)CC1. The summed E-state index contributed by atoms with van der Waals surface area (Å²) in [5.74, 6) is -0.536. The first-order chi connectivity index (χ1) is 16.9. The van der Waals surface area contributed by atoms with Crippen molar-refractivity contribution in [3.05, 3.63) is 101 Å². The Hall–Kier alpha value is -3.09. The molecule has 1 heterocycles. The summed E-state index contributed by atoms with van der Waals surface area (Å²) in [4.78, 5) is 16.2.